The Kier molecular flexibility index (Phi) is 4.36. The van der Waals surface area contributed by atoms with Crippen LogP contribution in [0, 0.1) is 5.41 Å². The molecule has 3 aliphatic rings. The van der Waals surface area contributed by atoms with Crippen LogP contribution in [0.2, 0.25) is 0 Å². The molecule has 116 valence electrons. The van der Waals surface area contributed by atoms with Crippen LogP contribution in [0.5, 0.6) is 0 Å². The summed E-state index contributed by atoms with van der Waals surface area (Å²) in [4.78, 5) is 0. The predicted octanol–water partition coefficient (Wildman–Crippen LogP) is 0.961. The Morgan fingerprint density at radius 3 is 2.70 bits per heavy atom. The molecule has 3 heterocycles. The second-order valence-electron chi connectivity index (χ2n) is 6.60. The summed E-state index contributed by atoms with van der Waals surface area (Å²) < 4.78 is 32.4. The van der Waals surface area contributed by atoms with Gasteiger partial charge in [0.15, 0.2) is 0 Å². The van der Waals surface area contributed by atoms with Crippen molar-refractivity contribution in [3.63, 3.8) is 0 Å². The number of nitrogens with zero attached hydrogens (tertiary/aromatic N) is 1. The molecular weight excluding hydrogens is 276 g/mol. The van der Waals surface area contributed by atoms with Gasteiger partial charge >= 0.3 is 0 Å². The van der Waals surface area contributed by atoms with E-state index >= 15 is 0 Å². The number of ether oxygens (including phenoxy) is 1. The first kappa shape index (κ1) is 14.8. The molecule has 3 saturated heterocycles. The van der Waals surface area contributed by atoms with Gasteiger partial charge in [0.25, 0.3) is 0 Å². The third-order valence-electron chi connectivity index (χ3n) is 5.13. The maximum Gasteiger partial charge on any atom is 0.216 e. The number of rotatable bonds is 3. The van der Waals surface area contributed by atoms with Crippen molar-refractivity contribution in [1.29, 1.82) is 0 Å². The molecular formula is C14H26N2O3S. The van der Waals surface area contributed by atoms with Crippen molar-refractivity contribution in [3.05, 3.63) is 0 Å². The Morgan fingerprint density at radius 1 is 1.20 bits per heavy atom. The van der Waals surface area contributed by atoms with Gasteiger partial charge in [-0.25, -0.2) is 12.7 Å². The SMILES string of the molecule is O=S(=O)(CC1CCCCO1)N1CCC2(CCNCC2)C1. The molecule has 0 aromatic rings. The molecule has 3 rings (SSSR count). The molecule has 1 unspecified atom stereocenters. The summed E-state index contributed by atoms with van der Waals surface area (Å²) in [7, 11) is -3.15. The van der Waals surface area contributed by atoms with E-state index in [-0.39, 0.29) is 17.3 Å². The van der Waals surface area contributed by atoms with Gasteiger partial charge in [0.1, 0.15) is 0 Å². The van der Waals surface area contributed by atoms with Gasteiger partial charge < -0.3 is 10.1 Å². The minimum atomic E-state index is -3.15. The van der Waals surface area contributed by atoms with Crippen molar-refractivity contribution in [3.8, 4) is 0 Å². The summed E-state index contributed by atoms with van der Waals surface area (Å²) >= 11 is 0. The normalized spacial score (nSPS) is 31.7. The number of sulfonamides is 1. The molecule has 0 radical (unpaired) electrons. The van der Waals surface area contributed by atoms with E-state index < -0.39 is 10.0 Å². The Balaban J connectivity index is 1.60. The Labute approximate surface area is 122 Å². The van der Waals surface area contributed by atoms with Gasteiger partial charge in [-0.05, 0) is 57.0 Å². The van der Waals surface area contributed by atoms with E-state index in [0.717, 1.165) is 64.8 Å². The van der Waals surface area contributed by atoms with Crippen molar-refractivity contribution in [2.24, 2.45) is 5.41 Å². The molecule has 3 fully saturated rings. The maximum atomic E-state index is 12.6. The second kappa shape index (κ2) is 5.91. The van der Waals surface area contributed by atoms with Gasteiger partial charge in [0.05, 0.1) is 11.9 Å². The molecule has 1 N–H and O–H groups in total. The van der Waals surface area contributed by atoms with Crippen LogP contribution in [0.25, 0.3) is 0 Å². The number of hydrogen-bond donors (Lipinski definition) is 1. The van der Waals surface area contributed by atoms with E-state index in [0.29, 0.717) is 6.54 Å². The van der Waals surface area contributed by atoms with Crippen molar-refractivity contribution in [2.45, 2.75) is 44.6 Å². The lowest BCUT2D eigenvalue weighted by atomic mass is 9.78. The van der Waals surface area contributed by atoms with E-state index in [2.05, 4.69) is 5.32 Å². The average molecular weight is 302 g/mol. The molecule has 1 atom stereocenters. The largest absolute Gasteiger partial charge is 0.377 e. The Morgan fingerprint density at radius 2 is 2.00 bits per heavy atom. The predicted molar refractivity (Wildman–Crippen MR) is 78.1 cm³/mol. The summed E-state index contributed by atoms with van der Waals surface area (Å²) in [5.41, 5.74) is 0.242. The zero-order valence-corrected chi connectivity index (χ0v) is 13.0. The van der Waals surface area contributed by atoms with Gasteiger partial charge in [-0.3, -0.25) is 0 Å². The fourth-order valence-electron chi connectivity index (χ4n) is 3.78. The maximum absolute atomic E-state index is 12.6. The molecule has 0 aromatic heterocycles. The van der Waals surface area contributed by atoms with Crippen LogP contribution in [0.15, 0.2) is 0 Å². The van der Waals surface area contributed by atoms with Gasteiger partial charge in [-0.2, -0.15) is 0 Å². The number of piperidine rings is 1. The second-order valence-corrected chi connectivity index (χ2v) is 8.61. The minimum Gasteiger partial charge on any atom is -0.377 e. The molecule has 0 amide bonds. The number of nitrogens with one attached hydrogen (secondary N) is 1. The van der Waals surface area contributed by atoms with E-state index in [9.17, 15) is 8.42 Å². The van der Waals surface area contributed by atoms with E-state index in [4.69, 9.17) is 4.74 Å². The lowest BCUT2D eigenvalue weighted by Crippen LogP contribution is -2.41. The highest BCUT2D eigenvalue weighted by Gasteiger charge is 2.43. The summed E-state index contributed by atoms with van der Waals surface area (Å²) in [5, 5.41) is 3.37. The summed E-state index contributed by atoms with van der Waals surface area (Å²) in [6.45, 7) is 4.20. The monoisotopic (exact) mass is 302 g/mol. The van der Waals surface area contributed by atoms with Crippen LogP contribution in [0.1, 0.15) is 38.5 Å². The van der Waals surface area contributed by atoms with Crippen molar-refractivity contribution < 1.29 is 13.2 Å². The van der Waals surface area contributed by atoms with E-state index in [1.165, 1.54) is 0 Å². The fraction of sp³-hybridized carbons (Fsp3) is 1.00. The van der Waals surface area contributed by atoms with Crippen molar-refractivity contribution in [2.75, 3.05) is 38.5 Å². The van der Waals surface area contributed by atoms with Gasteiger partial charge in [0, 0.05) is 19.7 Å². The van der Waals surface area contributed by atoms with Crippen LogP contribution in [0.3, 0.4) is 0 Å². The molecule has 5 nitrogen and oxygen atoms in total. The third-order valence-corrected chi connectivity index (χ3v) is 7.02. The Bertz CT molecular complexity index is 426. The van der Waals surface area contributed by atoms with Gasteiger partial charge in [0.2, 0.25) is 10.0 Å². The molecule has 6 heteroatoms. The summed E-state index contributed by atoms with van der Waals surface area (Å²) in [6, 6.07) is 0. The quantitative estimate of drug-likeness (QED) is 0.844. The van der Waals surface area contributed by atoms with Gasteiger partial charge in [-0.15, -0.1) is 0 Å². The van der Waals surface area contributed by atoms with Crippen LogP contribution < -0.4 is 5.32 Å². The number of hydrogen-bond acceptors (Lipinski definition) is 4. The molecule has 1 spiro atoms. The molecule has 20 heavy (non-hydrogen) atoms. The summed E-state index contributed by atoms with van der Waals surface area (Å²) in [6.07, 6.45) is 6.21. The molecule has 0 aliphatic carbocycles. The fourth-order valence-corrected chi connectivity index (χ4v) is 5.56. The highest BCUT2D eigenvalue weighted by Crippen LogP contribution is 2.39. The Hall–Kier alpha value is -0.170. The van der Waals surface area contributed by atoms with E-state index in [1.807, 2.05) is 0 Å². The first-order chi connectivity index (χ1) is 9.60. The lowest BCUT2D eigenvalue weighted by Gasteiger charge is -2.34. The average Bonchev–Trinajstić information content (AvgIpc) is 2.85. The van der Waals surface area contributed by atoms with E-state index in [1.54, 1.807) is 4.31 Å². The zero-order chi connectivity index (χ0) is 14.1. The van der Waals surface area contributed by atoms with Crippen molar-refractivity contribution in [1.82, 2.24) is 9.62 Å². The first-order valence-electron chi connectivity index (χ1n) is 7.90. The minimum absolute atomic E-state index is 0.0849. The highest BCUT2D eigenvalue weighted by molar-refractivity contribution is 7.89. The van der Waals surface area contributed by atoms with Crippen LogP contribution in [-0.4, -0.2) is 57.4 Å². The smallest absolute Gasteiger partial charge is 0.216 e. The molecule has 0 aromatic carbocycles. The summed E-state index contributed by atoms with van der Waals surface area (Å²) in [5.74, 6) is 0.182. The third kappa shape index (κ3) is 3.18. The molecule has 0 bridgehead atoms. The van der Waals surface area contributed by atoms with Crippen LogP contribution in [0.4, 0.5) is 0 Å². The van der Waals surface area contributed by atoms with Gasteiger partial charge in [-0.1, -0.05) is 0 Å². The topological polar surface area (TPSA) is 58.6 Å². The van der Waals surface area contributed by atoms with Crippen LogP contribution >= 0.6 is 0 Å². The molecule has 0 saturated carbocycles. The molecule has 3 aliphatic heterocycles. The van der Waals surface area contributed by atoms with Crippen LogP contribution in [-0.2, 0) is 14.8 Å². The first-order valence-corrected chi connectivity index (χ1v) is 9.51. The zero-order valence-electron chi connectivity index (χ0n) is 12.1. The lowest BCUT2D eigenvalue weighted by molar-refractivity contribution is 0.0299. The standard InChI is InChI=1S/C14H26N2O3S/c17-20(18,11-13-3-1-2-10-19-13)16-9-6-14(12-16)4-7-15-8-5-14/h13,15H,1-12H2. The highest BCUT2D eigenvalue weighted by atomic mass is 32.2. The van der Waals surface area contributed by atoms with Crippen molar-refractivity contribution >= 4 is 10.0 Å².